The first-order valence-electron chi connectivity index (χ1n) is 23.9. The number of esters is 1. The molecule has 0 aromatic rings. The molecule has 3 fully saturated rings. The van der Waals surface area contributed by atoms with Crippen molar-refractivity contribution in [1.29, 1.82) is 0 Å². The number of aliphatic hydroxyl groups excluding tert-OH is 2. The zero-order valence-corrected chi connectivity index (χ0v) is 40.6. The number of hydrogen-bond acceptors (Lipinski definition) is 13. The van der Waals surface area contributed by atoms with Gasteiger partial charge < -0.3 is 43.9 Å². The molecule has 3 aliphatic heterocycles. The average molecular weight is 914 g/mol. The molecule has 2 saturated heterocycles. The largest absolute Gasteiger partial charge is 0.460 e. The molecule has 15 atom stereocenters. The number of ketones is 3. The minimum atomic E-state index is -2.43. The number of Topliss-reactive ketones (excluding diaryl/α,β-unsaturated/α-hetero) is 3. The maximum absolute atomic E-state index is 14.4. The predicted molar refractivity (Wildman–Crippen MR) is 245 cm³/mol. The second-order valence-electron chi connectivity index (χ2n) is 19.6. The predicted octanol–water partition coefficient (Wildman–Crippen LogP) is 6.18. The van der Waals surface area contributed by atoms with Crippen molar-refractivity contribution in [2.45, 2.75) is 180 Å². The molecule has 3 N–H and O–H groups in total. The number of piperidine rings is 1. The summed E-state index contributed by atoms with van der Waals surface area (Å²) in [5, 5.41) is 33.8. The molecule has 4 rings (SSSR count). The van der Waals surface area contributed by atoms with Crippen molar-refractivity contribution >= 4 is 29.2 Å². The number of rotatable bonds is 6. The van der Waals surface area contributed by atoms with Crippen LogP contribution in [0.15, 0.2) is 47.6 Å². The van der Waals surface area contributed by atoms with Gasteiger partial charge in [-0.1, -0.05) is 71.1 Å². The second-order valence-corrected chi connectivity index (χ2v) is 19.6. The molecular formula is C51H79NO13. The molecule has 1 aliphatic carbocycles. The van der Waals surface area contributed by atoms with Crippen LogP contribution in [0.4, 0.5) is 0 Å². The third kappa shape index (κ3) is 14.3. The van der Waals surface area contributed by atoms with Gasteiger partial charge in [0, 0.05) is 58.5 Å². The number of fused-ring (bicyclic) bond motifs is 3. The van der Waals surface area contributed by atoms with Crippen LogP contribution in [-0.2, 0) is 47.7 Å². The molecule has 3 heterocycles. The Kier molecular flexibility index (Phi) is 21.0. The summed E-state index contributed by atoms with van der Waals surface area (Å²) in [6, 6.07) is -1.14. The molecule has 2 bridgehead atoms. The van der Waals surface area contributed by atoms with Crippen LogP contribution >= 0.6 is 0 Å². The lowest BCUT2D eigenvalue weighted by Crippen LogP contribution is -2.61. The van der Waals surface area contributed by atoms with E-state index in [9.17, 15) is 39.3 Å². The Morgan fingerprint density at radius 2 is 1.57 bits per heavy atom. The van der Waals surface area contributed by atoms with Crippen molar-refractivity contribution in [1.82, 2.24) is 4.90 Å². The fourth-order valence-electron chi connectivity index (χ4n) is 10.1. The van der Waals surface area contributed by atoms with Gasteiger partial charge in [0.25, 0.3) is 11.7 Å². The summed E-state index contributed by atoms with van der Waals surface area (Å²) >= 11 is 0. The monoisotopic (exact) mass is 914 g/mol. The Bertz CT molecular complexity index is 1760. The van der Waals surface area contributed by atoms with Crippen LogP contribution in [-0.4, -0.2) is 132 Å². The van der Waals surface area contributed by atoms with E-state index in [2.05, 4.69) is 0 Å². The van der Waals surface area contributed by atoms with Crippen molar-refractivity contribution in [2.75, 3.05) is 27.9 Å². The van der Waals surface area contributed by atoms with Crippen LogP contribution in [0, 0.1) is 35.5 Å². The van der Waals surface area contributed by atoms with Gasteiger partial charge in [-0.3, -0.25) is 19.2 Å². The Hall–Kier alpha value is -3.37. The summed E-state index contributed by atoms with van der Waals surface area (Å²) in [4.78, 5) is 71.8. The molecular weight excluding hydrogens is 835 g/mol. The van der Waals surface area contributed by atoms with Gasteiger partial charge in [-0.15, -0.1) is 0 Å². The third-order valence-corrected chi connectivity index (χ3v) is 14.5. The number of aliphatic hydroxyl groups is 3. The molecule has 4 aliphatic rings. The van der Waals surface area contributed by atoms with E-state index < -0.39 is 83.9 Å². The van der Waals surface area contributed by atoms with E-state index in [4.69, 9.17) is 23.7 Å². The lowest BCUT2D eigenvalue weighted by Gasteiger charge is -2.42. The van der Waals surface area contributed by atoms with E-state index >= 15 is 0 Å². The topological polar surface area (TPSA) is 195 Å². The molecule has 1 saturated carbocycles. The van der Waals surface area contributed by atoms with Crippen molar-refractivity contribution < 1.29 is 63.0 Å². The van der Waals surface area contributed by atoms with Crippen molar-refractivity contribution in [3.05, 3.63) is 47.6 Å². The molecule has 366 valence electrons. The Morgan fingerprint density at radius 3 is 2.25 bits per heavy atom. The summed E-state index contributed by atoms with van der Waals surface area (Å²) in [5.74, 6) is -7.96. The third-order valence-electron chi connectivity index (χ3n) is 14.5. The molecule has 0 spiro atoms. The minimum Gasteiger partial charge on any atom is -0.460 e. The number of carbonyl (C=O) groups excluding carboxylic acids is 5. The van der Waals surface area contributed by atoms with E-state index in [1.807, 2.05) is 58.1 Å². The van der Waals surface area contributed by atoms with Crippen LogP contribution in [0.2, 0.25) is 0 Å². The number of methoxy groups -OCH3 is 3. The summed E-state index contributed by atoms with van der Waals surface area (Å²) in [7, 11) is 4.52. The van der Waals surface area contributed by atoms with Crippen LogP contribution in [0.5, 0.6) is 0 Å². The van der Waals surface area contributed by atoms with E-state index in [1.54, 1.807) is 41.1 Å². The smallest absolute Gasteiger partial charge is 0.329 e. The van der Waals surface area contributed by atoms with Crippen LogP contribution in [0.3, 0.4) is 0 Å². The number of carbonyl (C=O) groups is 5. The first-order chi connectivity index (χ1) is 30.7. The van der Waals surface area contributed by atoms with E-state index in [1.165, 1.54) is 12.0 Å². The highest BCUT2D eigenvalue weighted by Crippen LogP contribution is 2.38. The number of cyclic esters (lactones) is 1. The van der Waals surface area contributed by atoms with Gasteiger partial charge in [0.15, 0.2) is 5.78 Å². The van der Waals surface area contributed by atoms with Gasteiger partial charge in [0.05, 0.1) is 24.4 Å². The maximum atomic E-state index is 14.4. The number of nitrogens with zero attached hydrogens (tertiary/aromatic N) is 1. The van der Waals surface area contributed by atoms with Gasteiger partial charge >= 0.3 is 5.97 Å². The molecule has 1 amide bonds. The summed E-state index contributed by atoms with van der Waals surface area (Å²) in [6.07, 6.45) is 11.2. The van der Waals surface area contributed by atoms with Gasteiger partial charge in [-0.25, -0.2) is 4.79 Å². The maximum Gasteiger partial charge on any atom is 0.329 e. The van der Waals surface area contributed by atoms with Crippen molar-refractivity contribution in [2.24, 2.45) is 35.5 Å². The molecule has 0 aromatic heterocycles. The van der Waals surface area contributed by atoms with Crippen LogP contribution in [0.25, 0.3) is 0 Å². The second kappa shape index (κ2) is 25.1. The van der Waals surface area contributed by atoms with Crippen LogP contribution < -0.4 is 0 Å². The number of amides is 1. The number of ether oxygens (including phenoxy) is 5. The van der Waals surface area contributed by atoms with Crippen LogP contribution in [0.1, 0.15) is 126 Å². The zero-order valence-electron chi connectivity index (χ0n) is 40.6. The highest BCUT2D eigenvalue weighted by Gasteiger charge is 2.53. The molecule has 1 unspecified atom stereocenters. The fourth-order valence-corrected chi connectivity index (χ4v) is 10.1. The summed E-state index contributed by atoms with van der Waals surface area (Å²) < 4.78 is 29.4. The van der Waals surface area contributed by atoms with Gasteiger partial charge in [-0.05, 0) is 107 Å². The first-order valence-corrected chi connectivity index (χ1v) is 23.9. The summed E-state index contributed by atoms with van der Waals surface area (Å²) in [5.41, 5.74) is 1.27. The lowest BCUT2D eigenvalue weighted by atomic mass is 9.78. The number of hydrogen-bond donors (Lipinski definition) is 3. The van der Waals surface area contributed by atoms with Gasteiger partial charge in [-0.2, -0.15) is 0 Å². The van der Waals surface area contributed by atoms with Crippen molar-refractivity contribution in [3.8, 4) is 0 Å². The Morgan fingerprint density at radius 1 is 0.846 bits per heavy atom. The summed E-state index contributed by atoms with van der Waals surface area (Å²) in [6.45, 7) is 12.7. The van der Waals surface area contributed by atoms with Crippen molar-refractivity contribution in [3.63, 3.8) is 0 Å². The first kappa shape index (κ1) is 54.2. The Labute approximate surface area is 387 Å². The molecule has 0 radical (unpaired) electrons. The van der Waals surface area contributed by atoms with Gasteiger partial charge in [0.1, 0.15) is 30.1 Å². The molecule has 0 aromatic carbocycles. The minimum absolute atomic E-state index is 0.0193. The molecule has 14 heteroatoms. The fraction of sp³-hybridized carbons (Fsp3) is 0.745. The van der Waals surface area contributed by atoms with Gasteiger partial charge in [0.2, 0.25) is 5.79 Å². The number of allylic oxidation sites excluding steroid dienone is 6. The zero-order chi connectivity index (χ0) is 48.2. The van der Waals surface area contributed by atoms with E-state index in [-0.39, 0.29) is 54.8 Å². The highest BCUT2D eigenvalue weighted by molar-refractivity contribution is 6.39. The molecule has 14 nitrogen and oxygen atoms in total. The average Bonchev–Trinajstić information content (AvgIpc) is 3.28. The highest BCUT2D eigenvalue weighted by atomic mass is 16.6. The SMILES string of the molecule is CO[C@H]1C[C@@H]2CC[C@@H](C)[C@@](O)(O2)C(=O)C(=O)N2CCCCC2C(=O)O[C@H]([C@H](C)C[C@@H]2CC[C@@H](O)[C@H](OC)C2)CC(=O)[C@H](C)/C=C(\C)[C@@H](O)[C@@H](OC)C(=O)[C@H](C)C[C@H](C)\C=C/C=C/C=C/1C. The normalized spacial score (nSPS) is 40.4. The molecule has 65 heavy (non-hydrogen) atoms. The van der Waals surface area contributed by atoms with E-state index in [0.29, 0.717) is 63.4 Å². The standard InChI is InChI=1S/C51H79NO13/c1-30-16-12-11-13-17-31(2)42(61-8)28-38-21-19-36(7)51(60,65-38)48(57)49(58)52-23-15-14-18-39(52)50(59)64-43(33(4)26-37-20-22-40(53)44(27-37)62-9)29-41(54)32(3)25-35(6)46(56)47(63-10)45(55)34(5)24-30/h11-13,16-17,25,30,32-34,36-40,42-44,46-47,53,56,60H,14-15,18-24,26-29H2,1-10H3/b13-11+,16-12-,31-17+,35-25+/t30-,32-,33-,34-,36-,37+,38+,39?,40-,42+,43+,44-,46-,47+,51-/m1/s1. The van der Waals surface area contributed by atoms with E-state index in [0.717, 1.165) is 12.0 Å². The quantitative estimate of drug-likeness (QED) is 0.156. The Balaban J connectivity index is 1.70. The lowest BCUT2D eigenvalue weighted by molar-refractivity contribution is -0.265.